The van der Waals surface area contributed by atoms with Crippen LogP contribution in [-0.4, -0.2) is 16.5 Å². The van der Waals surface area contributed by atoms with E-state index in [0.29, 0.717) is 6.04 Å². The monoisotopic (exact) mass is 219 g/mol. The van der Waals surface area contributed by atoms with Gasteiger partial charge in [-0.05, 0) is 32.2 Å². The van der Waals surface area contributed by atoms with E-state index in [4.69, 9.17) is 0 Å². The molecule has 1 heterocycles. The second-order valence-corrected chi connectivity index (χ2v) is 4.77. The fourth-order valence-electron chi connectivity index (χ4n) is 1.90. The van der Waals surface area contributed by atoms with Gasteiger partial charge < -0.3 is 5.32 Å². The Labute approximate surface area is 97.7 Å². The lowest BCUT2D eigenvalue weighted by molar-refractivity contribution is 0.463. The van der Waals surface area contributed by atoms with Gasteiger partial charge in [0.1, 0.15) is 0 Å². The van der Waals surface area contributed by atoms with Crippen LogP contribution in [0.5, 0.6) is 0 Å². The van der Waals surface area contributed by atoms with Gasteiger partial charge in [0.2, 0.25) is 0 Å². The number of nitrogens with zero attached hydrogens (tertiary/aromatic N) is 2. The molecule has 1 fully saturated rings. The highest BCUT2D eigenvalue weighted by Crippen LogP contribution is 2.37. The molecule has 1 N–H and O–H groups in total. The molecule has 1 aromatic rings. The van der Waals surface area contributed by atoms with Crippen LogP contribution in [-0.2, 0) is 0 Å². The summed E-state index contributed by atoms with van der Waals surface area (Å²) in [6.07, 6.45) is 8.96. The lowest BCUT2D eigenvalue weighted by Gasteiger charge is -2.17. The van der Waals surface area contributed by atoms with Crippen LogP contribution >= 0.6 is 0 Å². The van der Waals surface area contributed by atoms with E-state index in [1.807, 2.05) is 19.3 Å². The predicted molar refractivity (Wildman–Crippen MR) is 65.1 cm³/mol. The van der Waals surface area contributed by atoms with Crippen LogP contribution in [0.15, 0.2) is 12.4 Å². The van der Waals surface area contributed by atoms with E-state index in [-0.39, 0.29) is 0 Å². The first kappa shape index (κ1) is 11.5. The van der Waals surface area contributed by atoms with Crippen LogP contribution in [0.2, 0.25) is 0 Å². The summed E-state index contributed by atoms with van der Waals surface area (Å²) in [5.41, 5.74) is 2.09. The first-order valence-corrected chi connectivity index (χ1v) is 6.31. The topological polar surface area (TPSA) is 37.8 Å². The van der Waals surface area contributed by atoms with Crippen LogP contribution in [0.3, 0.4) is 0 Å². The summed E-state index contributed by atoms with van der Waals surface area (Å²) in [5, 5.41) is 3.57. The van der Waals surface area contributed by atoms with Crippen molar-refractivity contribution in [3.8, 4) is 0 Å². The highest BCUT2D eigenvalue weighted by molar-refractivity contribution is 5.06. The Morgan fingerprint density at radius 1 is 1.38 bits per heavy atom. The number of rotatable bonds is 6. The van der Waals surface area contributed by atoms with Crippen molar-refractivity contribution in [1.82, 2.24) is 15.3 Å². The van der Waals surface area contributed by atoms with Gasteiger partial charge in [0.15, 0.2) is 0 Å². The molecule has 0 radical (unpaired) electrons. The van der Waals surface area contributed by atoms with Crippen LogP contribution < -0.4 is 5.32 Å². The molecule has 0 saturated heterocycles. The van der Waals surface area contributed by atoms with Gasteiger partial charge in [-0.1, -0.05) is 19.8 Å². The predicted octanol–water partition coefficient (Wildman–Crippen LogP) is 2.63. The maximum absolute atomic E-state index is 4.49. The number of aryl methyl sites for hydroxylation is 1. The van der Waals surface area contributed by atoms with Crippen molar-refractivity contribution >= 4 is 0 Å². The summed E-state index contributed by atoms with van der Waals surface area (Å²) in [7, 11) is 0. The maximum atomic E-state index is 4.49. The molecule has 3 nitrogen and oxygen atoms in total. The van der Waals surface area contributed by atoms with Gasteiger partial charge in [0.05, 0.1) is 23.6 Å². The van der Waals surface area contributed by atoms with Gasteiger partial charge in [-0.15, -0.1) is 0 Å². The number of aromatic nitrogens is 2. The summed E-state index contributed by atoms with van der Waals surface area (Å²) in [5.74, 6) is 0.914. The lowest BCUT2D eigenvalue weighted by atomic mass is 10.1. The van der Waals surface area contributed by atoms with Gasteiger partial charge in [-0.3, -0.25) is 9.97 Å². The van der Waals surface area contributed by atoms with Crippen molar-refractivity contribution < 1.29 is 0 Å². The van der Waals surface area contributed by atoms with Crippen LogP contribution in [0.25, 0.3) is 0 Å². The van der Waals surface area contributed by atoms with Crippen molar-refractivity contribution in [2.24, 2.45) is 5.92 Å². The quantitative estimate of drug-likeness (QED) is 0.799. The zero-order valence-corrected chi connectivity index (χ0v) is 10.2. The van der Waals surface area contributed by atoms with Crippen molar-refractivity contribution in [3.63, 3.8) is 0 Å². The normalized spacial score (nSPS) is 17.4. The Balaban J connectivity index is 2.00. The standard InChI is InChI=1S/C13H21N3/c1-3-6-14-12(7-11-4-5-11)13-9-15-10(2)8-16-13/h8-9,11-12,14H,3-7H2,1-2H3. The molecule has 1 aliphatic rings. The molecule has 1 saturated carbocycles. The average Bonchev–Trinajstić information content (AvgIpc) is 3.09. The van der Waals surface area contributed by atoms with E-state index in [1.54, 1.807) is 0 Å². The molecule has 16 heavy (non-hydrogen) atoms. The lowest BCUT2D eigenvalue weighted by Crippen LogP contribution is -2.23. The smallest absolute Gasteiger partial charge is 0.0756 e. The molecule has 0 aromatic carbocycles. The minimum Gasteiger partial charge on any atom is -0.309 e. The zero-order valence-electron chi connectivity index (χ0n) is 10.2. The SMILES string of the molecule is CCCNC(CC1CC1)c1cnc(C)cn1. The molecule has 2 rings (SSSR count). The van der Waals surface area contributed by atoms with Gasteiger partial charge in [0.25, 0.3) is 0 Å². The second kappa shape index (κ2) is 5.39. The van der Waals surface area contributed by atoms with E-state index in [2.05, 4.69) is 22.2 Å². The van der Waals surface area contributed by atoms with Gasteiger partial charge in [-0.25, -0.2) is 0 Å². The summed E-state index contributed by atoms with van der Waals surface area (Å²) in [6, 6.07) is 0.403. The highest BCUT2D eigenvalue weighted by Gasteiger charge is 2.26. The molecule has 0 spiro atoms. The molecule has 1 atom stereocenters. The number of hydrogen-bond donors (Lipinski definition) is 1. The first-order chi connectivity index (χ1) is 7.79. The molecule has 1 aliphatic carbocycles. The molecule has 88 valence electrons. The Kier molecular flexibility index (Phi) is 3.88. The summed E-state index contributed by atoms with van der Waals surface area (Å²) in [6.45, 7) is 5.24. The van der Waals surface area contributed by atoms with Gasteiger partial charge in [-0.2, -0.15) is 0 Å². The third kappa shape index (κ3) is 3.27. The largest absolute Gasteiger partial charge is 0.309 e. The van der Waals surface area contributed by atoms with Crippen molar-refractivity contribution in [1.29, 1.82) is 0 Å². The molecular formula is C13H21N3. The minimum atomic E-state index is 0.403. The van der Waals surface area contributed by atoms with Crippen molar-refractivity contribution in [2.45, 2.75) is 45.6 Å². The molecule has 0 bridgehead atoms. The Morgan fingerprint density at radius 2 is 2.19 bits per heavy atom. The number of nitrogens with one attached hydrogen (secondary N) is 1. The highest BCUT2D eigenvalue weighted by atomic mass is 14.9. The first-order valence-electron chi connectivity index (χ1n) is 6.31. The van der Waals surface area contributed by atoms with Crippen LogP contribution in [0.4, 0.5) is 0 Å². The Hall–Kier alpha value is -0.960. The second-order valence-electron chi connectivity index (χ2n) is 4.77. The molecule has 0 amide bonds. The fourth-order valence-corrected chi connectivity index (χ4v) is 1.90. The Bertz CT molecular complexity index is 316. The van der Waals surface area contributed by atoms with Crippen molar-refractivity contribution in [3.05, 3.63) is 23.8 Å². The van der Waals surface area contributed by atoms with E-state index in [1.165, 1.54) is 25.7 Å². The average molecular weight is 219 g/mol. The van der Waals surface area contributed by atoms with E-state index < -0.39 is 0 Å². The molecule has 3 heteroatoms. The fraction of sp³-hybridized carbons (Fsp3) is 0.692. The summed E-state index contributed by atoms with van der Waals surface area (Å²) in [4.78, 5) is 8.82. The van der Waals surface area contributed by atoms with Crippen LogP contribution in [0, 0.1) is 12.8 Å². The minimum absolute atomic E-state index is 0.403. The van der Waals surface area contributed by atoms with E-state index >= 15 is 0 Å². The molecule has 0 aliphatic heterocycles. The number of hydrogen-bond acceptors (Lipinski definition) is 3. The molecular weight excluding hydrogens is 198 g/mol. The van der Waals surface area contributed by atoms with Crippen molar-refractivity contribution in [2.75, 3.05) is 6.54 Å². The van der Waals surface area contributed by atoms with E-state index in [0.717, 1.165) is 23.9 Å². The molecule has 1 unspecified atom stereocenters. The van der Waals surface area contributed by atoms with E-state index in [9.17, 15) is 0 Å². The third-order valence-corrected chi connectivity index (χ3v) is 3.06. The van der Waals surface area contributed by atoms with Gasteiger partial charge >= 0.3 is 0 Å². The summed E-state index contributed by atoms with van der Waals surface area (Å²) < 4.78 is 0. The third-order valence-electron chi connectivity index (χ3n) is 3.06. The zero-order chi connectivity index (χ0) is 11.4. The van der Waals surface area contributed by atoms with Crippen LogP contribution in [0.1, 0.15) is 50.0 Å². The Morgan fingerprint density at radius 3 is 2.75 bits per heavy atom. The van der Waals surface area contributed by atoms with Gasteiger partial charge in [0, 0.05) is 6.20 Å². The summed E-state index contributed by atoms with van der Waals surface area (Å²) >= 11 is 0. The maximum Gasteiger partial charge on any atom is 0.0756 e. The molecule has 1 aromatic heterocycles.